The van der Waals surface area contributed by atoms with Crippen LogP contribution in [0.2, 0.25) is 0 Å². The molecule has 6 nitrogen and oxygen atoms in total. The maximum atomic E-state index is 13.4. The molecule has 1 atom stereocenters. The average molecular weight is 495 g/mol. The second-order valence-corrected chi connectivity index (χ2v) is 10.3. The maximum absolute atomic E-state index is 13.4. The SMILES string of the molecule is O=C(CSc1nnc(-c2ccc(F)cc2)n1C[C@H]1CCCO1)N1CCC(Cc2ccccc2)CC1. The molecule has 0 radical (unpaired) electrons. The van der Waals surface area contributed by atoms with Crippen molar-refractivity contribution < 1.29 is 13.9 Å². The molecule has 2 aliphatic rings. The fraction of sp³-hybridized carbons (Fsp3) is 0.444. The van der Waals surface area contributed by atoms with Gasteiger partial charge in [-0.2, -0.15) is 0 Å². The molecule has 5 rings (SSSR count). The molecule has 184 valence electrons. The van der Waals surface area contributed by atoms with Crippen molar-refractivity contribution in [1.82, 2.24) is 19.7 Å². The Hall–Kier alpha value is -2.71. The van der Waals surface area contributed by atoms with E-state index < -0.39 is 0 Å². The molecule has 2 aromatic carbocycles. The zero-order chi connectivity index (χ0) is 24.0. The highest BCUT2D eigenvalue weighted by atomic mass is 32.2. The number of hydrogen-bond donors (Lipinski definition) is 0. The topological polar surface area (TPSA) is 60.3 Å². The van der Waals surface area contributed by atoms with Gasteiger partial charge in [-0.3, -0.25) is 9.36 Å². The van der Waals surface area contributed by atoms with Gasteiger partial charge in [0, 0.05) is 25.3 Å². The van der Waals surface area contributed by atoms with E-state index in [0.29, 0.717) is 29.2 Å². The number of thioether (sulfide) groups is 1. The number of ether oxygens (including phenoxy) is 1. The Balaban J connectivity index is 1.20. The Morgan fingerprint density at radius 1 is 1.03 bits per heavy atom. The third-order valence-corrected chi connectivity index (χ3v) is 7.84. The lowest BCUT2D eigenvalue weighted by Gasteiger charge is -2.32. The second-order valence-electron chi connectivity index (χ2n) is 9.36. The molecule has 0 N–H and O–H groups in total. The largest absolute Gasteiger partial charge is 0.376 e. The molecule has 0 bridgehead atoms. The predicted octanol–water partition coefficient (Wildman–Crippen LogP) is 4.84. The van der Waals surface area contributed by atoms with Crippen LogP contribution in [0.4, 0.5) is 4.39 Å². The van der Waals surface area contributed by atoms with Crippen LogP contribution < -0.4 is 0 Å². The molecular weight excluding hydrogens is 463 g/mol. The van der Waals surface area contributed by atoms with Crippen molar-refractivity contribution in [2.24, 2.45) is 5.92 Å². The number of carbonyl (C=O) groups excluding carboxylic acids is 1. The van der Waals surface area contributed by atoms with Gasteiger partial charge in [-0.05, 0) is 67.9 Å². The summed E-state index contributed by atoms with van der Waals surface area (Å²) in [5.41, 5.74) is 2.17. The highest BCUT2D eigenvalue weighted by molar-refractivity contribution is 7.99. The summed E-state index contributed by atoms with van der Waals surface area (Å²) in [6.45, 7) is 3.00. The smallest absolute Gasteiger partial charge is 0.233 e. The number of halogens is 1. The van der Waals surface area contributed by atoms with Gasteiger partial charge < -0.3 is 9.64 Å². The van der Waals surface area contributed by atoms with Gasteiger partial charge in [0.2, 0.25) is 5.91 Å². The van der Waals surface area contributed by atoms with E-state index in [-0.39, 0.29) is 17.8 Å². The summed E-state index contributed by atoms with van der Waals surface area (Å²) in [6, 6.07) is 16.9. The van der Waals surface area contributed by atoms with Gasteiger partial charge in [0.15, 0.2) is 11.0 Å². The molecule has 35 heavy (non-hydrogen) atoms. The zero-order valence-corrected chi connectivity index (χ0v) is 20.6. The van der Waals surface area contributed by atoms with E-state index >= 15 is 0 Å². The van der Waals surface area contributed by atoms with Crippen molar-refractivity contribution in [1.29, 1.82) is 0 Å². The van der Waals surface area contributed by atoms with Gasteiger partial charge in [-0.25, -0.2) is 4.39 Å². The molecule has 0 spiro atoms. The van der Waals surface area contributed by atoms with Crippen LogP contribution >= 0.6 is 11.8 Å². The molecule has 3 aromatic rings. The summed E-state index contributed by atoms with van der Waals surface area (Å²) in [4.78, 5) is 15.0. The quantitative estimate of drug-likeness (QED) is 0.420. The molecular formula is C27H31FN4O2S. The number of piperidine rings is 1. The highest BCUT2D eigenvalue weighted by Gasteiger charge is 2.25. The normalized spacial score (nSPS) is 18.8. The van der Waals surface area contributed by atoms with Crippen LogP contribution in [-0.4, -0.2) is 57.1 Å². The van der Waals surface area contributed by atoms with Gasteiger partial charge >= 0.3 is 0 Å². The minimum absolute atomic E-state index is 0.101. The van der Waals surface area contributed by atoms with Crippen molar-refractivity contribution in [3.63, 3.8) is 0 Å². The van der Waals surface area contributed by atoms with Crippen LogP contribution in [0.5, 0.6) is 0 Å². The standard InChI is InChI=1S/C27H31FN4O2S/c28-23-10-8-22(9-11-23)26-29-30-27(32(26)18-24-7-4-16-34-24)35-19-25(33)31-14-12-21(13-15-31)17-20-5-2-1-3-6-20/h1-3,5-6,8-11,21,24H,4,7,12-19H2/t24-/m1/s1. The van der Waals surface area contributed by atoms with Crippen LogP contribution in [0.3, 0.4) is 0 Å². The minimum Gasteiger partial charge on any atom is -0.376 e. The number of carbonyl (C=O) groups is 1. The molecule has 2 fully saturated rings. The number of benzene rings is 2. The molecule has 2 saturated heterocycles. The van der Waals surface area contributed by atoms with Crippen molar-refractivity contribution in [2.45, 2.75) is 49.9 Å². The monoisotopic (exact) mass is 494 g/mol. The van der Waals surface area contributed by atoms with E-state index in [9.17, 15) is 9.18 Å². The van der Waals surface area contributed by atoms with Crippen LogP contribution in [0.25, 0.3) is 11.4 Å². The summed E-state index contributed by atoms with van der Waals surface area (Å²) in [7, 11) is 0. The third-order valence-electron chi connectivity index (χ3n) is 6.89. The average Bonchev–Trinajstić information content (AvgIpc) is 3.55. The zero-order valence-electron chi connectivity index (χ0n) is 19.8. The first-order valence-corrected chi connectivity index (χ1v) is 13.4. The molecule has 1 amide bonds. The molecule has 0 aliphatic carbocycles. The number of rotatable bonds is 8. The van der Waals surface area contributed by atoms with E-state index in [0.717, 1.165) is 57.4 Å². The van der Waals surface area contributed by atoms with Gasteiger partial charge in [0.1, 0.15) is 5.82 Å². The lowest BCUT2D eigenvalue weighted by molar-refractivity contribution is -0.129. The summed E-state index contributed by atoms with van der Waals surface area (Å²) in [5.74, 6) is 1.49. The summed E-state index contributed by atoms with van der Waals surface area (Å²) < 4.78 is 21.3. The Morgan fingerprint density at radius 2 is 1.80 bits per heavy atom. The van der Waals surface area contributed by atoms with E-state index in [1.165, 1.54) is 29.5 Å². The Morgan fingerprint density at radius 3 is 2.51 bits per heavy atom. The number of hydrogen-bond acceptors (Lipinski definition) is 5. The summed E-state index contributed by atoms with van der Waals surface area (Å²) >= 11 is 1.42. The van der Waals surface area contributed by atoms with Crippen molar-refractivity contribution in [3.05, 3.63) is 66.0 Å². The molecule has 0 saturated carbocycles. The third kappa shape index (κ3) is 6.11. The van der Waals surface area contributed by atoms with Gasteiger partial charge in [-0.15, -0.1) is 10.2 Å². The minimum atomic E-state index is -0.285. The first kappa shape index (κ1) is 24.0. The molecule has 1 aromatic heterocycles. The lowest BCUT2D eigenvalue weighted by atomic mass is 9.90. The molecule has 8 heteroatoms. The van der Waals surface area contributed by atoms with E-state index in [4.69, 9.17) is 4.74 Å². The van der Waals surface area contributed by atoms with Crippen LogP contribution in [0.15, 0.2) is 59.8 Å². The van der Waals surface area contributed by atoms with E-state index in [2.05, 4.69) is 34.5 Å². The molecule has 2 aliphatic heterocycles. The number of amides is 1. The van der Waals surface area contributed by atoms with Crippen molar-refractivity contribution in [2.75, 3.05) is 25.4 Å². The second kappa shape index (κ2) is 11.4. The Bertz CT molecular complexity index is 1110. The van der Waals surface area contributed by atoms with Crippen molar-refractivity contribution in [3.8, 4) is 11.4 Å². The number of aromatic nitrogens is 3. The highest BCUT2D eigenvalue weighted by Crippen LogP contribution is 2.28. The van der Waals surface area contributed by atoms with Crippen LogP contribution in [0.1, 0.15) is 31.2 Å². The fourth-order valence-electron chi connectivity index (χ4n) is 4.92. The number of nitrogens with zero attached hydrogens (tertiary/aromatic N) is 4. The molecule has 3 heterocycles. The van der Waals surface area contributed by atoms with Crippen molar-refractivity contribution >= 4 is 17.7 Å². The van der Waals surface area contributed by atoms with Gasteiger partial charge in [0.25, 0.3) is 0 Å². The van der Waals surface area contributed by atoms with E-state index in [1.54, 1.807) is 12.1 Å². The Labute approximate surface area is 209 Å². The first-order valence-electron chi connectivity index (χ1n) is 12.4. The maximum Gasteiger partial charge on any atom is 0.233 e. The fourth-order valence-corrected chi connectivity index (χ4v) is 5.77. The Kier molecular flexibility index (Phi) is 7.79. The van der Waals surface area contributed by atoms with E-state index in [1.807, 2.05) is 15.5 Å². The lowest BCUT2D eigenvalue weighted by Crippen LogP contribution is -2.39. The van der Waals surface area contributed by atoms with Crippen LogP contribution in [-0.2, 0) is 22.5 Å². The summed E-state index contributed by atoms with van der Waals surface area (Å²) in [6.07, 6.45) is 5.28. The predicted molar refractivity (Wildman–Crippen MR) is 135 cm³/mol. The van der Waals surface area contributed by atoms with Gasteiger partial charge in [-0.1, -0.05) is 42.1 Å². The first-order chi connectivity index (χ1) is 17.2. The molecule has 0 unspecified atom stereocenters. The summed E-state index contributed by atoms with van der Waals surface area (Å²) in [5, 5.41) is 9.48. The number of likely N-dealkylation sites (tertiary alicyclic amines) is 1. The van der Waals surface area contributed by atoms with Crippen LogP contribution in [0, 0.1) is 11.7 Å². The van der Waals surface area contributed by atoms with Gasteiger partial charge in [0.05, 0.1) is 18.4 Å².